The number of phenolic OH excluding ortho intramolecular Hbond substituents is 1. The van der Waals surface area contributed by atoms with Gasteiger partial charge in [0.1, 0.15) is 5.75 Å². The fourth-order valence-corrected chi connectivity index (χ4v) is 2.12. The van der Waals surface area contributed by atoms with Crippen LogP contribution in [0.5, 0.6) is 5.75 Å². The Balaban J connectivity index is 1.98. The molecule has 0 unspecified atom stereocenters. The number of phenols is 1. The van der Waals surface area contributed by atoms with E-state index in [-0.39, 0.29) is 35.6 Å². The van der Waals surface area contributed by atoms with E-state index in [1.807, 2.05) is 26.0 Å². The maximum absolute atomic E-state index is 12.2. The van der Waals surface area contributed by atoms with Gasteiger partial charge in [-0.05, 0) is 37.6 Å². The molecule has 0 heterocycles. The van der Waals surface area contributed by atoms with Crippen LogP contribution in [0.2, 0.25) is 0 Å². The molecule has 7 nitrogen and oxygen atoms in total. The summed E-state index contributed by atoms with van der Waals surface area (Å²) < 4.78 is 5.49. The highest BCUT2D eigenvalue weighted by Gasteiger charge is 2.12. The number of hydrogen-bond donors (Lipinski definition) is 2. The molecule has 132 valence electrons. The highest BCUT2D eigenvalue weighted by atomic mass is 16.6. The quantitative estimate of drug-likeness (QED) is 0.593. The number of non-ortho nitro benzene ring substituents is 1. The van der Waals surface area contributed by atoms with E-state index in [0.29, 0.717) is 12.2 Å². The van der Waals surface area contributed by atoms with Crippen molar-refractivity contribution in [3.63, 3.8) is 0 Å². The smallest absolute Gasteiger partial charge is 0.270 e. The Morgan fingerprint density at radius 1 is 1.24 bits per heavy atom. The van der Waals surface area contributed by atoms with E-state index in [4.69, 9.17) is 4.74 Å². The van der Waals surface area contributed by atoms with Crippen LogP contribution in [0, 0.1) is 10.1 Å². The fraction of sp³-hybridized carbons (Fsp3) is 0.278. The molecule has 1 amide bonds. The number of rotatable bonds is 7. The molecule has 0 bridgehead atoms. The molecule has 0 radical (unpaired) electrons. The summed E-state index contributed by atoms with van der Waals surface area (Å²) in [6.07, 6.45) is 0.130. The van der Waals surface area contributed by atoms with Crippen LogP contribution in [0.1, 0.15) is 35.3 Å². The van der Waals surface area contributed by atoms with E-state index >= 15 is 0 Å². The Morgan fingerprint density at radius 3 is 2.52 bits per heavy atom. The zero-order valence-electron chi connectivity index (χ0n) is 14.1. The van der Waals surface area contributed by atoms with Crippen LogP contribution >= 0.6 is 0 Å². The Labute approximate surface area is 145 Å². The molecule has 0 aliphatic rings. The first kappa shape index (κ1) is 18.4. The number of amides is 1. The van der Waals surface area contributed by atoms with Gasteiger partial charge in [-0.15, -0.1) is 0 Å². The molecule has 0 saturated carbocycles. The average molecular weight is 344 g/mol. The molecule has 2 N–H and O–H groups in total. The second kappa shape index (κ2) is 8.25. The monoisotopic (exact) mass is 344 g/mol. The number of benzene rings is 2. The lowest BCUT2D eigenvalue weighted by atomic mass is 10.1. The first-order chi connectivity index (χ1) is 11.9. The van der Waals surface area contributed by atoms with Crippen LogP contribution in [0.15, 0.2) is 42.5 Å². The number of ether oxygens (including phenoxy) is 1. The van der Waals surface area contributed by atoms with Crippen LogP contribution in [0.3, 0.4) is 0 Å². The number of aromatic hydroxyl groups is 1. The van der Waals surface area contributed by atoms with Crippen molar-refractivity contribution >= 4 is 11.6 Å². The largest absolute Gasteiger partial charge is 0.508 e. The summed E-state index contributed by atoms with van der Waals surface area (Å²) in [5.41, 5.74) is 1.56. The molecule has 2 rings (SSSR count). The average Bonchev–Trinajstić information content (AvgIpc) is 2.59. The topological polar surface area (TPSA) is 102 Å². The van der Waals surface area contributed by atoms with Gasteiger partial charge >= 0.3 is 0 Å². The summed E-state index contributed by atoms with van der Waals surface area (Å²) in [5.74, 6) is -0.436. The fourth-order valence-electron chi connectivity index (χ4n) is 2.12. The van der Waals surface area contributed by atoms with Crippen LogP contribution in [0.25, 0.3) is 0 Å². The summed E-state index contributed by atoms with van der Waals surface area (Å²) in [5, 5.41) is 23.2. The van der Waals surface area contributed by atoms with Crippen molar-refractivity contribution in [1.82, 2.24) is 5.32 Å². The summed E-state index contributed by atoms with van der Waals surface area (Å²) in [6.45, 7) is 4.36. The lowest BCUT2D eigenvalue weighted by molar-refractivity contribution is -0.384. The summed E-state index contributed by atoms with van der Waals surface area (Å²) >= 11 is 0. The van der Waals surface area contributed by atoms with Crippen molar-refractivity contribution < 1.29 is 19.6 Å². The number of nitrogens with zero attached hydrogens (tertiary/aromatic N) is 1. The molecule has 0 aliphatic carbocycles. The number of nitrogens with one attached hydrogen (secondary N) is 1. The predicted octanol–water partition coefficient (Wildman–Crippen LogP) is 3.16. The molecule has 0 aromatic heterocycles. The summed E-state index contributed by atoms with van der Waals surface area (Å²) in [4.78, 5) is 22.4. The molecular formula is C18H20N2O5. The molecule has 7 heteroatoms. The molecule has 0 spiro atoms. The van der Waals surface area contributed by atoms with Crippen molar-refractivity contribution in [2.45, 2.75) is 33.1 Å². The Bertz CT molecular complexity index is 757. The number of nitro groups is 1. The van der Waals surface area contributed by atoms with Crippen molar-refractivity contribution in [1.29, 1.82) is 0 Å². The van der Waals surface area contributed by atoms with Gasteiger partial charge in [0.25, 0.3) is 11.6 Å². The summed E-state index contributed by atoms with van der Waals surface area (Å²) in [7, 11) is 0. The maximum Gasteiger partial charge on any atom is 0.270 e. The van der Waals surface area contributed by atoms with E-state index in [0.717, 1.165) is 5.56 Å². The molecule has 0 aliphatic heterocycles. The maximum atomic E-state index is 12.2. The number of nitro benzene ring substituents is 1. The third-order valence-electron chi connectivity index (χ3n) is 3.51. The molecule has 0 fully saturated rings. The van der Waals surface area contributed by atoms with E-state index in [9.17, 15) is 20.0 Å². The van der Waals surface area contributed by atoms with Gasteiger partial charge in [0.05, 0.1) is 17.6 Å². The second-order valence-corrected chi connectivity index (χ2v) is 5.81. The standard InChI is InChI=1S/C18H20N2O5/c1-12(2)25-11-13-3-5-14(6-4-13)18(22)19-10-15-9-16(20(23)24)7-8-17(15)21/h3-9,12,21H,10-11H2,1-2H3,(H,19,22). The van der Waals surface area contributed by atoms with Crippen LogP contribution in [-0.2, 0) is 17.9 Å². The van der Waals surface area contributed by atoms with Crippen LogP contribution in [-0.4, -0.2) is 22.0 Å². The first-order valence-electron chi connectivity index (χ1n) is 7.82. The van der Waals surface area contributed by atoms with Crippen molar-refractivity contribution in [3.8, 4) is 5.75 Å². The summed E-state index contributed by atoms with van der Waals surface area (Å²) in [6, 6.07) is 10.7. The number of carbonyl (C=O) groups excluding carboxylic acids is 1. The van der Waals surface area contributed by atoms with E-state index in [2.05, 4.69) is 5.32 Å². The van der Waals surface area contributed by atoms with Gasteiger partial charge in [0.15, 0.2) is 0 Å². The third kappa shape index (κ3) is 5.29. The Hall–Kier alpha value is -2.93. The molecule has 0 atom stereocenters. The van der Waals surface area contributed by atoms with E-state index < -0.39 is 4.92 Å². The van der Waals surface area contributed by atoms with E-state index in [1.165, 1.54) is 18.2 Å². The molecule has 25 heavy (non-hydrogen) atoms. The normalized spacial score (nSPS) is 10.7. The zero-order chi connectivity index (χ0) is 18.4. The van der Waals surface area contributed by atoms with Crippen LogP contribution in [0.4, 0.5) is 5.69 Å². The molecule has 2 aromatic carbocycles. The number of carbonyl (C=O) groups is 1. The first-order valence-corrected chi connectivity index (χ1v) is 7.82. The number of hydrogen-bond acceptors (Lipinski definition) is 5. The highest BCUT2D eigenvalue weighted by Crippen LogP contribution is 2.22. The third-order valence-corrected chi connectivity index (χ3v) is 3.51. The van der Waals surface area contributed by atoms with Gasteiger partial charge in [-0.25, -0.2) is 0 Å². The van der Waals surface area contributed by atoms with Crippen molar-refractivity contribution in [2.24, 2.45) is 0 Å². The molecule has 0 saturated heterocycles. The zero-order valence-corrected chi connectivity index (χ0v) is 14.1. The van der Waals surface area contributed by atoms with Gasteiger partial charge in [-0.2, -0.15) is 0 Å². The van der Waals surface area contributed by atoms with Crippen LogP contribution < -0.4 is 5.32 Å². The Kier molecular flexibility index (Phi) is 6.08. The van der Waals surface area contributed by atoms with E-state index in [1.54, 1.807) is 12.1 Å². The van der Waals surface area contributed by atoms with Crippen molar-refractivity contribution in [3.05, 3.63) is 69.3 Å². The van der Waals surface area contributed by atoms with Crippen molar-refractivity contribution in [2.75, 3.05) is 0 Å². The minimum Gasteiger partial charge on any atom is -0.508 e. The minimum atomic E-state index is -0.553. The lowest BCUT2D eigenvalue weighted by Gasteiger charge is -2.09. The highest BCUT2D eigenvalue weighted by molar-refractivity contribution is 5.94. The van der Waals surface area contributed by atoms with Gasteiger partial charge in [-0.3, -0.25) is 14.9 Å². The molecule has 2 aromatic rings. The SMILES string of the molecule is CC(C)OCc1ccc(C(=O)NCc2cc([N+](=O)[O-])ccc2O)cc1. The van der Waals surface area contributed by atoms with Gasteiger partial charge in [0.2, 0.25) is 0 Å². The van der Waals surface area contributed by atoms with Gasteiger partial charge < -0.3 is 15.2 Å². The minimum absolute atomic E-state index is 0.00937. The van der Waals surface area contributed by atoms with Gasteiger partial charge in [0, 0.05) is 29.8 Å². The molecular weight excluding hydrogens is 324 g/mol. The predicted molar refractivity (Wildman–Crippen MR) is 92.3 cm³/mol. The second-order valence-electron chi connectivity index (χ2n) is 5.81. The Morgan fingerprint density at radius 2 is 1.92 bits per heavy atom. The van der Waals surface area contributed by atoms with Gasteiger partial charge in [-0.1, -0.05) is 12.1 Å². The lowest BCUT2D eigenvalue weighted by Crippen LogP contribution is -2.22.